The minimum atomic E-state index is -0.0758. The Kier molecular flexibility index (Phi) is 12.3. The van der Waals surface area contributed by atoms with Gasteiger partial charge in [-0.05, 0) is 32.9 Å². The summed E-state index contributed by atoms with van der Waals surface area (Å²) in [5.74, 6) is 1.43. The van der Waals surface area contributed by atoms with Crippen molar-refractivity contribution in [3.05, 3.63) is 29.3 Å². The fourth-order valence-corrected chi connectivity index (χ4v) is 2.04. The van der Waals surface area contributed by atoms with E-state index >= 15 is 0 Å². The number of hydrogen-bond donors (Lipinski definition) is 2. The molecule has 0 heterocycles. The van der Waals surface area contributed by atoms with E-state index in [0.29, 0.717) is 23.9 Å². The topological polar surface area (TPSA) is 54.9 Å². The zero-order valence-electron chi connectivity index (χ0n) is 14.1. The highest BCUT2D eigenvalue weighted by Crippen LogP contribution is 2.24. The number of hydrogen-bond acceptors (Lipinski definition) is 3. The highest BCUT2D eigenvalue weighted by molar-refractivity contribution is 14.0. The Hall–Kier alpha value is -0.730. The number of aliphatic imine (C=N–C) groups is 1. The summed E-state index contributed by atoms with van der Waals surface area (Å²) in [6.07, 6.45) is -0.0758. The van der Waals surface area contributed by atoms with Gasteiger partial charge in [0, 0.05) is 19.7 Å². The van der Waals surface area contributed by atoms with Crippen molar-refractivity contribution >= 4 is 41.5 Å². The summed E-state index contributed by atoms with van der Waals surface area (Å²) in [6.45, 7) is 7.98. The first-order valence-corrected chi connectivity index (χ1v) is 7.89. The molecule has 0 bridgehead atoms. The average molecular weight is 456 g/mol. The van der Waals surface area contributed by atoms with Crippen LogP contribution in [0.4, 0.5) is 0 Å². The number of halogens is 2. The standard InChI is InChI=1S/C16H26ClN3O2.HI/c1-5-18-16(20-12(2)11-21-4)19-10-13(3)22-15-9-7-6-8-14(15)17;/h6-9,12-13H,5,10-11H2,1-4H3,(H2,18,19,20);1H. The quantitative estimate of drug-likeness (QED) is 0.359. The predicted octanol–water partition coefficient (Wildman–Crippen LogP) is 3.32. The van der Waals surface area contributed by atoms with Gasteiger partial charge in [0.2, 0.25) is 0 Å². The van der Waals surface area contributed by atoms with Crippen LogP contribution in [0, 0.1) is 0 Å². The molecule has 23 heavy (non-hydrogen) atoms. The first kappa shape index (κ1) is 22.3. The molecule has 0 aromatic heterocycles. The van der Waals surface area contributed by atoms with Crippen LogP contribution in [-0.2, 0) is 4.74 Å². The van der Waals surface area contributed by atoms with Crippen molar-refractivity contribution in [1.29, 1.82) is 0 Å². The average Bonchev–Trinajstić information content (AvgIpc) is 2.48. The van der Waals surface area contributed by atoms with Crippen LogP contribution >= 0.6 is 35.6 Å². The van der Waals surface area contributed by atoms with Crippen molar-refractivity contribution in [1.82, 2.24) is 10.6 Å². The van der Waals surface area contributed by atoms with E-state index in [9.17, 15) is 0 Å². The Balaban J connectivity index is 0.00000484. The van der Waals surface area contributed by atoms with Gasteiger partial charge in [0.1, 0.15) is 11.9 Å². The predicted molar refractivity (Wildman–Crippen MR) is 107 cm³/mol. The van der Waals surface area contributed by atoms with Gasteiger partial charge in [-0.25, -0.2) is 4.99 Å². The largest absolute Gasteiger partial charge is 0.487 e. The van der Waals surface area contributed by atoms with Crippen molar-refractivity contribution in [3.63, 3.8) is 0 Å². The lowest BCUT2D eigenvalue weighted by molar-refractivity contribution is 0.179. The number of benzene rings is 1. The molecule has 1 aromatic rings. The van der Waals surface area contributed by atoms with Crippen molar-refractivity contribution in [2.45, 2.75) is 32.9 Å². The molecule has 5 nitrogen and oxygen atoms in total. The van der Waals surface area contributed by atoms with Gasteiger partial charge in [0.05, 0.1) is 18.2 Å². The summed E-state index contributed by atoms with van der Waals surface area (Å²) in [5, 5.41) is 7.09. The van der Waals surface area contributed by atoms with Crippen molar-refractivity contribution in [2.75, 3.05) is 26.8 Å². The number of guanidine groups is 1. The Bertz CT molecular complexity index is 474. The van der Waals surface area contributed by atoms with Gasteiger partial charge in [-0.1, -0.05) is 23.7 Å². The highest BCUT2D eigenvalue weighted by Gasteiger charge is 2.08. The summed E-state index contributed by atoms with van der Waals surface area (Å²) in [5.41, 5.74) is 0. The molecule has 2 unspecified atom stereocenters. The molecular weight excluding hydrogens is 429 g/mol. The maximum Gasteiger partial charge on any atom is 0.191 e. The van der Waals surface area contributed by atoms with E-state index in [1.807, 2.05) is 45.0 Å². The summed E-state index contributed by atoms with van der Waals surface area (Å²) in [6, 6.07) is 7.62. The van der Waals surface area contributed by atoms with E-state index in [2.05, 4.69) is 15.6 Å². The van der Waals surface area contributed by atoms with Gasteiger partial charge in [-0.3, -0.25) is 0 Å². The normalized spacial score (nSPS) is 13.7. The molecule has 1 rings (SSSR count). The molecule has 2 atom stereocenters. The third-order valence-electron chi connectivity index (χ3n) is 2.82. The van der Waals surface area contributed by atoms with Crippen molar-refractivity contribution in [2.24, 2.45) is 4.99 Å². The van der Waals surface area contributed by atoms with Crippen LogP contribution in [0.5, 0.6) is 5.75 Å². The maximum absolute atomic E-state index is 6.08. The van der Waals surface area contributed by atoms with E-state index in [0.717, 1.165) is 12.5 Å². The Morgan fingerprint density at radius 2 is 2.00 bits per heavy atom. The first-order chi connectivity index (χ1) is 10.6. The lowest BCUT2D eigenvalue weighted by Crippen LogP contribution is -2.44. The van der Waals surface area contributed by atoms with Gasteiger partial charge in [0.15, 0.2) is 5.96 Å². The second-order valence-corrected chi connectivity index (χ2v) is 5.49. The summed E-state index contributed by atoms with van der Waals surface area (Å²) in [7, 11) is 1.68. The van der Waals surface area contributed by atoms with Crippen LogP contribution in [0.25, 0.3) is 0 Å². The van der Waals surface area contributed by atoms with E-state index in [-0.39, 0.29) is 36.1 Å². The molecule has 132 valence electrons. The Morgan fingerprint density at radius 3 is 2.61 bits per heavy atom. The Labute approximate surface area is 161 Å². The molecular formula is C16H27ClIN3O2. The molecule has 0 saturated carbocycles. The number of nitrogens with zero attached hydrogens (tertiary/aromatic N) is 1. The molecule has 0 aliphatic carbocycles. The minimum Gasteiger partial charge on any atom is -0.487 e. The van der Waals surface area contributed by atoms with Crippen molar-refractivity contribution in [3.8, 4) is 5.75 Å². The van der Waals surface area contributed by atoms with Gasteiger partial charge >= 0.3 is 0 Å². The van der Waals surface area contributed by atoms with Gasteiger partial charge in [0.25, 0.3) is 0 Å². The third-order valence-corrected chi connectivity index (χ3v) is 3.13. The monoisotopic (exact) mass is 455 g/mol. The molecule has 0 amide bonds. The number of ether oxygens (including phenoxy) is 2. The van der Waals surface area contributed by atoms with Crippen LogP contribution in [0.1, 0.15) is 20.8 Å². The number of nitrogens with one attached hydrogen (secondary N) is 2. The molecule has 0 aliphatic rings. The first-order valence-electron chi connectivity index (χ1n) is 7.51. The van der Waals surface area contributed by atoms with Crippen LogP contribution in [0.3, 0.4) is 0 Å². The fourth-order valence-electron chi connectivity index (χ4n) is 1.86. The molecule has 1 aromatic carbocycles. The maximum atomic E-state index is 6.08. The van der Waals surface area contributed by atoms with Crippen LogP contribution in [0.15, 0.2) is 29.3 Å². The second-order valence-electron chi connectivity index (χ2n) is 5.08. The molecule has 0 fully saturated rings. The molecule has 0 saturated heterocycles. The third kappa shape index (κ3) is 9.22. The van der Waals surface area contributed by atoms with Gasteiger partial charge in [-0.15, -0.1) is 24.0 Å². The van der Waals surface area contributed by atoms with Crippen LogP contribution < -0.4 is 15.4 Å². The second kappa shape index (κ2) is 12.7. The number of rotatable bonds is 8. The van der Waals surface area contributed by atoms with Crippen LogP contribution in [0.2, 0.25) is 5.02 Å². The van der Waals surface area contributed by atoms with E-state index < -0.39 is 0 Å². The summed E-state index contributed by atoms with van der Waals surface area (Å²) < 4.78 is 10.9. The zero-order valence-corrected chi connectivity index (χ0v) is 17.2. The van der Waals surface area contributed by atoms with Crippen molar-refractivity contribution < 1.29 is 9.47 Å². The van der Waals surface area contributed by atoms with E-state index in [4.69, 9.17) is 21.1 Å². The molecule has 0 aliphatic heterocycles. The van der Waals surface area contributed by atoms with Gasteiger partial charge in [-0.2, -0.15) is 0 Å². The lowest BCUT2D eigenvalue weighted by atomic mass is 10.3. The van der Waals surface area contributed by atoms with Gasteiger partial charge < -0.3 is 20.1 Å². The lowest BCUT2D eigenvalue weighted by Gasteiger charge is -2.18. The smallest absolute Gasteiger partial charge is 0.191 e. The van der Waals surface area contributed by atoms with E-state index in [1.54, 1.807) is 7.11 Å². The fraction of sp³-hybridized carbons (Fsp3) is 0.562. The van der Waals surface area contributed by atoms with Crippen LogP contribution in [-0.4, -0.2) is 44.9 Å². The van der Waals surface area contributed by atoms with E-state index in [1.165, 1.54) is 0 Å². The molecule has 7 heteroatoms. The molecule has 2 N–H and O–H groups in total. The summed E-state index contributed by atoms with van der Waals surface area (Å²) in [4.78, 5) is 4.53. The highest BCUT2D eigenvalue weighted by atomic mass is 127. The number of para-hydroxylation sites is 1. The SMILES string of the molecule is CCNC(=NCC(C)Oc1ccccc1Cl)NC(C)COC.I. The minimum absolute atomic E-state index is 0. The Morgan fingerprint density at radius 1 is 1.30 bits per heavy atom. The zero-order chi connectivity index (χ0) is 16.4. The molecule has 0 spiro atoms. The number of methoxy groups -OCH3 is 1. The molecule has 0 radical (unpaired) electrons. The summed E-state index contributed by atoms with van der Waals surface area (Å²) >= 11 is 6.08.